The Bertz CT molecular complexity index is 653. The number of aromatic nitrogens is 2. The van der Waals surface area contributed by atoms with Gasteiger partial charge in [-0.2, -0.15) is 0 Å². The molecule has 2 aromatic heterocycles. The number of likely N-dealkylation sites (tertiary alicyclic amines) is 1. The fourth-order valence-corrected chi connectivity index (χ4v) is 3.01. The topological polar surface area (TPSA) is 64.2 Å². The van der Waals surface area contributed by atoms with Crippen LogP contribution in [-0.4, -0.2) is 27.5 Å². The van der Waals surface area contributed by atoms with Gasteiger partial charge in [0.1, 0.15) is 0 Å². The predicted molar refractivity (Wildman–Crippen MR) is 82.9 cm³/mol. The lowest BCUT2D eigenvalue weighted by molar-refractivity contribution is 0.245. The van der Waals surface area contributed by atoms with Crippen LogP contribution in [0.4, 0.5) is 5.69 Å². The second kappa shape index (κ2) is 6.10. The van der Waals surface area contributed by atoms with Gasteiger partial charge in [-0.3, -0.25) is 14.7 Å². The highest BCUT2D eigenvalue weighted by Gasteiger charge is 2.25. The van der Waals surface area contributed by atoms with Gasteiger partial charge < -0.3 is 10.3 Å². The lowest BCUT2D eigenvalue weighted by Gasteiger charge is -2.24. The van der Waals surface area contributed by atoms with Gasteiger partial charge in [-0.25, -0.2) is 0 Å². The van der Waals surface area contributed by atoms with E-state index in [4.69, 9.17) is 5.73 Å². The van der Waals surface area contributed by atoms with Crippen molar-refractivity contribution >= 4 is 5.69 Å². The molecule has 0 bridgehead atoms. The molecule has 1 saturated heterocycles. The molecule has 1 unspecified atom stereocenters. The highest BCUT2D eigenvalue weighted by molar-refractivity contribution is 5.33. The molecule has 110 valence electrons. The summed E-state index contributed by atoms with van der Waals surface area (Å²) in [7, 11) is 0. The van der Waals surface area contributed by atoms with E-state index in [2.05, 4.69) is 16.0 Å². The molecule has 3 heterocycles. The molecule has 21 heavy (non-hydrogen) atoms. The van der Waals surface area contributed by atoms with Crippen LogP contribution in [0.15, 0.2) is 47.7 Å². The molecule has 1 atom stereocenters. The third kappa shape index (κ3) is 3.13. The lowest BCUT2D eigenvalue weighted by Crippen LogP contribution is -2.30. The summed E-state index contributed by atoms with van der Waals surface area (Å²) < 4.78 is 1.69. The lowest BCUT2D eigenvalue weighted by atomic mass is 10.1. The van der Waals surface area contributed by atoms with E-state index in [1.807, 2.05) is 12.3 Å². The summed E-state index contributed by atoms with van der Waals surface area (Å²) in [6.07, 6.45) is 7.80. The van der Waals surface area contributed by atoms with Crippen LogP contribution in [0, 0.1) is 0 Å². The van der Waals surface area contributed by atoms with Crippen molar-refractivity contribution in [2.75, 3.05) is 18.8 Å². The average molecular weight is 284 g/mol. The minimum Gasteiger partial charge on any atom is -0.398 e. The van der Waals surface area contributed by atoms with Crippen LogP contribution in [0.25, 0.3) is 0 Å². The molecule has 0 radical (unpaired) electrons. The molecule has 5 nitrogen and oxygen atoms in total. The van der Waals surface area contributed by atoms with E-state index in [1.54, 1.807) is 23.0 Å². The second-order valence-electron chi connectivity index (χ2n) is 5.47. The van der Waals surface area contributed by atoms with Crippen LogP contribution in [0.2, 0.25) is 0 Å². The normalized spacial score (nSPS) is 19.0. The third-order valence-electron chi connectivity index (χ3n) is 4.07. The smallest absolute Gasteiger partial charge is 0.250 e. The molecule has 3 rings (SSSR count). The maximum absolute atomic E-state index is 11.8. The van der Waals surface area contributed by atoms with Gasteiger partial charge in [0.2, 0.25) is 0 Å². The van der Waals surface area contributed by atoms with E-state index in [0.29, 0.717) is 18.3 Å². The molecule has 0 spiro atoms. The summed E-state index contributed by atoms with van der Waals surface area (Å²) in [4.78, 5) is 18.4. The molecule has 0 aromatic carbocycles. The van der Waals surface area contributed by atoms with Crippen LogP contribution in [0.5, 0.6) is 0 Å². The van der Waals surface area contributed by atoms with Crippen LogP contribution in [-0.2, 0) is 6.54 Å². The average Bonchev–Trinajstić information content (AvgIpc) is 2.97. The number of nitrogen functional groups attached to an aromatic ring is 1. The van der Waals surface area contributed by atoms with Gasteiger partial charge in [0, 0.05) is 49.5 Å². The van der Waals surface area contributed by atoms with E-state index in [9.17, 15) is 4.79 Å². The zero-order valence-corrected chi connectivity index (χ0v) is 12.0. The van der Waals surface area contributed by atoms with E-state index in [-0.39, 0.29) is 5.56 Å². The Morgan fingerprint density at radius 2 is 2.19 bits per heavy atom. The number of anilines is 1. The molecule has 2 aromatic rings. The first-order valence-corrected chi connectivity index (χ1v) is 7.34. The van der Waals surface area contributed by atoms with Crippen LogP contribution < -0.4 is 11.3 Å². The number of hydrogen-bond acceptors (Lipinski definition) is 4. The molecule has 2 N–H and O–H groups in total. The summed E-state index contributed by atoms with van der Waals surface area (Å²) in [6, 6.07) is 7.69. The van der Waals surface area contributed by atoms with Crippen molar-refractivity contribution in [3.63, 3.8) is 0 Å². The first-order chi connectivity index (χ1) is 10.2. The van der Waals surface area contributed by atoms with Gasteiger partial charge in [0.25, 0.3) is 5.56 Å². The van der Waals surface area contributed by atoms with Crippen molar-refractivity contribution in [1.82, 2.24) is 14.5 Å². The molecular formula is C16H20N4O. The summed E-state index contributed by atoms with van der Waals surface area (Å²) in [6.45, 7) is 2.58. The highest BCUT2D eigenvalue weighted by atomic mass is 16.1. The Morgan fingerprint density at radius 1 is 1.29 bits per heavy atom. The third-order valence-corrected chi connectivity index (χ3v) is 4.07. The van der Waals surface area contributed by atoms with Gasteiger partial charge in [-0.05, 0) is 37.1 Å². The minimum absolute atomic E-state index is 0.00123. The first-order valence-electron chi connectivity index (χ1n) is 7.34. The van der Waals surface area contributed by atoms with Crippen LogP contribution in [0.3, 0.4) is 0 Å². The number of nitrogens with zero attached hydrogens (tertiary/aromatic N) is 3. The van der Waals surface area contributed by atoms with Crippen molar-refractivity contribution in [1.29, 1.82) is 0 Å². The van der Waals surface area contributed by atoms with E-state index < -0.39 is 0 Å². The van der Waals surface area contributed by atoms with Gasteiger partial charge in [0.15, 0.2) is 0 Å². The SMILES string of the molecule is Nc1ccc(=O)n(CCN2CCCC2c2cccnc2)c1. The Labute approximate surface area is 124 Å². The van der Waals surface area contributed by atoms with Crippen molar-refractivity contribution in [3.8, 4) is 0 Å². The van der Waals surface area contributed by atoms with Gasteiger partial charge in [-0.1, -0.05) is 6.07 Å². The zero-order chi connectivity index (χ0) is 14.7. The largest absolute Gasteiger partial charge is 0.398 e. The van der Waals surface area contributed by atoms with E-state index >= 15 is 0 Å². The summed E-state index contributed by atoms with van der Waals surface area (Å²) in [5, 5.41) is 0. The molecule has 5 heteroatoms. The van der Waals surface area contributed by atoms with Gasteiger partial charge in [0.05, 0.1) is 0 Å². The Hall–Kier alpha value is -2.14. The van der Waals surface area contributed by atoms with E-state index in [1.165, 1.54) is 18.1 Å². The zero-order valence-electron chi connectivity index (χ0n) is 12.0. The fourth-order valence-electron chi connectivity index (χ4n) is 3.01. The monoisotopic (exact) mass is 284 g/mol. The highest BCUT2D eigenvalue weighted by Crippen LogP contribution is 2.30. The number of hydrogen-bond donors (Lipinski definition) is 1. The molecule has 0 aliphatic carbocycles. The fraction of sp³-hybridized carbons (Fsp3) is 0.375. The quantitative estimate of drug-likeness (QED) is 0.927. The standard InChI is InChI=1S/C16H20N4O/c17-14-5-6-16(21)20(12-14)10-9-19-8-2-4-15(19)13-3-1-7-18-11-13/h1,3,5-7,11-12,15H,2,4,8-10,17H2. The first kappa shape index (κ1) is 13.8. The summed E-state index contributed by atoms with van der Waals surface area (Å²) >= 11 is 0. The van der Waals surface area contributed by atoms with Crippen molar-refractivity contribution in [3.05, 3.63) is 58.8 Å². The molecule has 0 saturated carbocycles. The summed E-state index contributed by atoms with van der Waals surface area (Å²) in [5.74, 6) is 0. The predicted octanol–water partition coefficient (Wildman–Crippen LogP) is 1.66. The number of nitrogens with two attached hydrogens (primary N) is 1. The van der Waals surface area contributed by atoms with Crippen molar-refractivity contribution < 1.29 is 0 Å². The molecule has 1 aliphatic rings. The summed E-state index contributed by atoms with van der Waals surface area (Å²) in [5.41, 5.74) is 7.63. The van der Waals surface area contributed by atoms with Crippen LogP contribution >= 0.6 is 0 Å². The van der Waals surface area contributed by atoms with Crippen molar-refractivity contribution in [2.45, 2.75) is 25.4 Å². The maximum atomic E-state index is 11.8. The molecule has 1 aliphatic heterocycles. The maximum Gasteiger partial charge on any atom is 0.250 e. The second-order valence-corrected chi connectivity index (χ2v) is 5.47. The van der Waals surface area contributed by atoms with Gasteiger partial charge >= 0.3 is 0 Å². The van der Waals surface area contributed by atoms with Crippen LogP contribution in [0.1, 0.15) is 24.4 Å². The molecular weight excluding hydrogens is 264 g/mol. The minimum atomic E-state index is 0.00123. The molecule has 1 fully saturated rings. The van der Waals surface area contributed by atoms with E-state index in [0.717, 1.165) is 19.5 Å². The Morgan fingerprint density at radius 3 is 3.00 bits per heavy atom. The Balaban J connectivity index is 1.70. The van der Waals surface area contributed by atoms with Gasteiger partial charge in [-0.15, -0.1) is 0 Å². The number of pyridine rings is 2. The van der Waals surface area contributed by atoms with Crippen molar-refractivity contribution in [2.24, 2.45) is 0 Å². The number of rotatable bonds is 4. The Kier molecular flexibility index (Phi) is 4.01. The molecule has 0 amide bonds.